The molecule has 1 rings (SSSR count). The highest BCUT2D eigenvalue weighted by atomic mass is 16.4. The van der Waals surface area contributed by atoms with Crippen molar-refractivity contribution in [2.45, 2.75) is 31.8 Å². The van der Waals surface area contributed by atoms with Crippen LogP contribution >= 0.6 is 0 Å². The molecule has 0 aliphatic carbocycles. The Morgan fingerprint density at radius 3 is 2.83 bits per heavy atom. The van der Waals surface area contributed by atoms with Crippen LogP contribution < -0.4 is 0 Å². The zero-order chi connectivity index (χ0) is 13.5. The van der Waals surface area contributed by atoms with Crippen molar-refractivity contribution in [2.24, 2.45) is 5.92 Å². The van der Waals surface area contributed by atoms with Crippen molar-refractivity contribution in [1.29, 1.82) is 0 Å². The number of likely N-dealkylation sites (N-methyl/N-ethyl adjacent to an activating group) is 1. The monoisotopic (exact) mass is 258 g/mol. The van der Waals surface area contributed by atoms with E-state index < -0.39 is 12.1 Å². The average Bonchev–Trinajstić information content (AvgIpc) is 2.70. The number of aliphatic hydroxyl groups is 1. The van der Waals surface area contributed by atoms with Gasteiger partial charge in [0.25, 0.3) is 0 Å². The highest BCUT2D eigenvalue weighted by molar-refractivity contribution is 5.66. The van der Waals surface area contributed by atoms with E-state index in [2.05, 4.69) is 16.8 Å². The second-order valence-electron chi connectivity index (χ2n) is 5.55. The van der Waals surface area contributed by atoms with E-state index in [0.29, 0.717) is 13.0 Å². The Hall–Kier alpha value is -0.650. The van der Waals surface area contributed by atoms with Crippen LogP contribution in [0.4, 0.5) is 0 Å². The number of aliphatic carboxylic acids is 1. The molecule has 5 heteroatoms. The van der Waals surface area contributed by atoms with Crippen molar-refractivity contribution in [3.8, 4) is 0 Å². The molecule has 1 aliphatic heterocycles. The lowest BCUT2D eigenvalue weighted by Gasteiger charge is -2.21. The third-order valence-corrected chi connectivity index (χ3v) is 3.62. The van der Waals surface area contributed by atoms with E-state index >= 15 is 0 Å². The van der Waals surface area contributed by atoms with Crippen LogP contribution in [0.25, 0.3) is 0 Å². The quantitative estimate of drug-likeness (QED) is 0.663. The molecule has 2 atom stereocenters. The highest BCUT2D eigenvalue weighted by Gasteiger charge is 2.19. The van der Waals surface area contributed by atoms with Crippen molar-refractivity contribution < 1.29 is 15.0 Å². The summed E-state index contributed by atoms with van der Waals surface area (Å²) in [4.78, 5) is 14.8. The van der Waals surface area contributed by atoms with Gasteiger partial charge in [-0.1, -0.05) is 0 Å². The van der Waals surface area contributed by atoms with Gasteiger partial charge in [0.15, 0.2) is 0 Å². The van der Waals surface area contributed by atoms with Gasteiger partial charge in [0, 0.05) is 19.5 Å². The highest BCUT2D eigenvalue weighted by Crippen LogP contribution is 2.18. The van der Waals surface area contributed by atoms with E-state index in [-0.39, 0.29) is 6.42 Å². The summed E-state index contributed by atoms with van der Waals surface area (Å²) in [5, 5.41) is 18.2. The number of likely N-dealkylation sites (tertiary alicyclic amines) is 1. The Labute approximate surface area is 109 Å². The maximum Gasteiger partial charge on any atom is 0.303 e. The molecular formula is C13H26N2O3. The molecule has 0 aromatic rings. The first-order valence-electron chi connectivity index (χ1n) is 6.74. The van der Waals surface area contributed by atoms with Gasteiger partial charge in [-0.2, -0.15) is 0 Å². The SMILES string of the molecule is CN(CCC1CCN(C)C1)CC(O)CCC(=O)O. The molecule has 0 amide bonds. The second-order valence-corrected chi connectivity index (χ2v) is 5.55. The molecule has 0 aromatic carbocycles. The maximum atomic E-state index is 10.4. The van der Waals surface area contributed by atoms with Crippen molar-refractivity contribution in [3.63, 3.8) is 0 Å². The Kier molecular flexibility index (Phi) is 6.60. The minimum atomic E-state index is -0.842. The van der Waals surface area contributed by atoms with Crippen LogP contribution in [0.1, 0.15) is 25.7 Å². The zero-order valence-electron chi connectivity index (χ0n) is 11.5. The molecule has 106 valence electrons. The van der Waals surface area contributed by atoms with Crippen molar-refractivity contribution in [3.05, 3.63) is 0 Å². The van der Waals surface area contributed by atoms with E-state index in [4.69, 9.17) is 5.11 Å². The summed E-state index contributed by atoms with van der Waals surface area (Å²) in [6, 6.07) is 0. The first-order chi connectivity index (χ1) is 8.47. The molecule has 0 saturated carbocycles. The van der Waals surface area contributed by atoms with Gasteiger partial charge in [-0.15, -0.1) is 0 Å². The molecule has 1 aliphatic rings. The van der Waals surface area contributed by atoms with E-state index in [1.807, 2.05) is 7.05 Å². The summed E-state index contributed by atoms with van der Waals surface area (Å²) in [6.07, 6.45) is 2.28. The summed E-state index contributed by atoms with van der Waals surface area (Å²) >= 11 is 0. The van der Waals surface area contributed by atoms with Crippen LogP contribution in [0.3, 0.4) is 0 Å². The number of carboxylic acid groups (broad SMARTS) is 1. The fourth-order valence-corrected chi connectivity index (χ4v) is 2.50. The predicted octanol–water partition coefficient (Wildman–Crippen LogP) is 0.486. The number of nitrogens with zero attached hydrogens (tertiary/aromatic N) is 2. The molecular weight excluding hydrogens is 232 g/mol. The Morgan fingerprint density at radius 1 is 1.56 bits per heavy atom. The lowest BCUT2D eigenvalue weighted by Crippen LogP contribution is -2.31. The van der Waals surface area contributed by atoms with Crippen LogP contribution in [0.15, 0.2) is 0 Å². The lowest BCUT2D eigenvalue weighted by molar-refractivity contribution is -0.137. The molecule has 1 fully saturated rings. The number of aliphatic hydroxyl groups excluding tert-OH is 1. The van der Waals surface area contributed by atoms with Crippen LogP contribution in [0.5, 0.6) is 0 Å². The third kappa shape index (κ3) is 6.33. The number of hydrogen-bond donors (Lipinski definition) is 2. The Bertz CT molecular complexity index is 261. The number of hydrogen-bond acceptors (Lipinski definition) is 4. The summed E-state index contributed by atoms with van der Waals surface area (Å²) < 4.78 is 0. The first kappa shape index (κ1) is 15.4. The van der Waals surface area contributed by atoms with Gasteiger partial charge in [-0.3, -0.25) is 4.79 Å². The molecule has 1 heterocycles. The van der Waals surface area contributed by atoms with Gasteiger partial charge in [-0.05, 0) is 52.4 Å². The van der Waals surface area contributed by atoms with Crippen LogP contribution in [0.2, 0.25) is 0 Å². The molecule has 0 spiro atoms. The normalized spacial score (nSPS) is 22.6. The standard InChI is InChI=1S/C13H26N2O3/c1-14-7-5-11(9-14)6-8-15(2)10-12(16)3-4-13(17)18/h11-12,16H,3-10H2,1-2H3,(H,17,18). The smallest absolute Gasteiger partial charge is 0.303 e. The minimum Gasteiger partial charge on any atom is -0.481 e. The van der Waals surface area contributed by atoms with Gasteiger partial charge in [0.2, 0.25) is 0 Å². The summed E-state index contributed by atoms with van der Waals surface area (Å²) in [7, 11) is 4.14. The van der Waals surface area contributed by atoms with Crippen molar-refractivity contribution in [1.82, 2.24) is 9.80 Å². The average molecular weight is 258 g/mol. The second kappa shape index (κ2) is 7.71. The van der Waals surface area contributed by atoms with Crippen molar-refractivity contribution >= 4 is 5.97 Å². The van der Waals surface area contributed by atoms with E-state index in [1.54, 1.807) is 0 Å². The fraction of sp³-hybridized carbons (Fsp3) is 0.923. The third-order valence-electron chi connectivity index (χ3n) is 3.62. The molecule has 2 unspecified atom stereocenters. The van der Waals surface area contributed by atoms with Crippen LogP contribution in [-0.4, -0.2) is 72.4 Å². The van der Waals surface area contributed by atoms with E-state index in [9.17, 15) is 9.90 Å². The van der Waals surface area contributed by atoms with Gasteiger partial charge in [0.05, 0.1) is 6.10 Å². The molecule has 0 aromatic heterocycles. The lowest BCUT2D eigenvalue weighted by atomic mass is 10.0. The Morgan fingerprint density at radius 2 is 2.28 bits per heavy atom. The largest absolute Gasteiger partial charge is 0.481 e. The maximum absolute atomic E-state index is 10.4. The van der Waals surface area contributed by atoms with Gasteiger partial charge in [0.1, 0.15) is 0 Å². The van der Waals surface area contributed by atoms with E-state index in [0.717, 1.165) is 18.9 Å². The van der Waals surface area contributed by atoms with Crippen LogP contribution in [-0.2, 0) is 4.79 Å². The minimum absolute atomic E-state index is 0.0441. The molecule has 5 nitrogen and oxygen atoms in total. The summed E-state index contributed by atoms with van der Waals surface area (Å²) in [5.41, 5.74) is 0. The number of carboxylic acids is 1. The topological polar surface area (TPSA) is 64.0 Å². The molecule has 0 bridgehead atoms. The van der Waals surface area contributed by atoms with Gasteiger partial charge < -0.3 is 20.0 Å². The van der Waals surface area contributed by atoms with Gasteiger partial charge in [-0.25, -0.2) is 0 Å². The number of rotatable bonds is 8. The molecule has 1 saturated heterocycles. The molecule has 2 N–H and O–H groups in total. The predicted molar refractivity (Wildman–Crippen MR) is 70.6 cm³/mol. The molecule has 18 heavy (non-hydrogen) atoms. The summed E-state index contributed by atoms with van der Waals surface area (Å²) in [6.45, 7) is 3.91. The molecule has 0 radical (unpaired) electrons. The first-order valence-corrected chi connectivity index (χ1v) is 6.74. The number of carbonyl (C=O) groups is 1. The fourth-order valence-electron chi connectivity index (χ4n) is 2.50. The van der Waals surface area contributed by atoms with Crippen LogP contribution in [0, 0.1) is 5.92 Å². The summed E-state index contributed by atoms with van der Waals surface area (Å²) in [5.74, 6) is -0.0701. The van der Waals surface area contributed by atoms with E-state index in [1.165, 1.54) is 19.5 Å². The van der Waals surface area contributed by atoms with Gasteiger partial charge >= 0.3 is 5.97 Å². The Balaban J connectivity index is 2.09. The zero-order valence-corrected chi connectivity index (χ0v) is 11.5. The van der Waals surface area contributed by atoms with Crippen molar-refractivity contribution in [2.75, 3.05) is 40.3 Å².